The molecule has 1 N–H and O–H groups in total. The van der Waals surface area contributed by atoms with Gasteiger partial charge in [0.15, 0.2) is 22.3 Å². The van der Waals surface area contributed by atoms with E-state index in [1.165, 1.54) is 57.8 Å². The van der Waals surface area contributed by atoms with Gasteiger partial charge in [-0.2, -0.15) is 17.2 Å². The van der Waals surface area contributed by atoms with Crippen LogP contribution < -0.4 is 4.74 Å². The van der Waals surface area contributed by atoms with Gasteiger partial charge in [0.25, 0.3) is 0 Å². The molecule has 4 fully saturated rings. The Morgan fingerprint density at radius 3 is 2.11 bits per heavy atom. The first-order chi connectivity index (χ1) is 21.1. The molecule has 45 heavy (non-hydrogen) atoms. The lowest BCUT2D eigenvalue weighted by molar-refractivity contribution is -0.137. The highest BCUT2D eigenvalue weighted by Gasteiger charge is 2.60. The second-order valence-electron chi connectivity index (χ2n) is 15.7. The summed E-state index contributed by atoms with van der Waals surface area (Å²) in [5.41, 5.74) is 0.733. The number of hydrogen-bond acceptors (Lipinski definition) is 4. The molecule has 0 spiro atoms. The van der Waals surface area contributed by atoms with Gasteiger partial charge in [-0.25, -0.2) is 8.78 Å². The van der Waals surface area contributed by atoms with Gasteiger partial charge < -0.3 is 9.47 Å². The van der Waals surface area contributed by atoms with Crippen LogP contribution in [0, 0.1) is 75.5 Å². The lowest BCUT2D eigenvalue weighted by atomic mass is 9.44. The Morgan fingerprint density at radius 2 is 1.47 bits per heavy atom. The van der Waals surface area contributed by atoms with Crippen LogP contribution in [0.3, 0.4) is 0 Å². The zero-order chi connectivity index (χ0) is 32.9. The quantitative estimate of drug-likeness (QED) is 0.111. The summed E-state index contributed by atoms with van der Waals surface area (Å²) >= 11 is 0. The van der Waals surface area contributed by atoms with Crippen LogP contribution in [0.2, 0.25) is 0 Å². The molecule has 1 aromatic rings. The van der Waals surface area contributed by atoms with Crippen molar-refractivity contribution in [2.45, 2.75) is 123 Å². The third-order valence-corrected chi connectivity index (χ3v) is 13.8. The minimum absolute atomic E-state index is 0.0373. The van der Waals surface area contributed by atoms with Crippen LogP contribution in [-0.2, 0) is 14.9 Å². The van der Waals surface area contributed by atoms with E-state index in [0.29, 0.717) is 11.3 Å². The summed E-state index contributed by atoms with van der Waals surface area (Å²) < 4.78 is 99.0. The molecule has 0 aliphatic heterocycles. The molecule has 0 radical (unpaired) electrons. The molecule has 4 aliphatic rings. The van der Waals surface area contributed by atoms with Crippen LogP contribution in [0.5, 0.6) is 5.75 Å². The lowest BCUT2D eigenvalue weighted by Crippen LogP contribution is -2.54. The van der Waals surface area contributed by atoms with Crippen LogP contribution in [0.1, 0.15) is 112 Å². The molecule has 0 amide bonds. The number of hydrogen-bond donors (Lipinski definition) is 1. The average Bonchev–Trinajstić information content (AvgIpc) is 3.32. The molecule has 0 bridgehead atoms. The van der Waals surface area contributed by atoms with Gasteiger partial charge in [0, 0.05) is 0 Å². The van der Waals surface area contributed by atoms with Crippen molar-refractivity contribution in [2.75, 3.05) is 13.2 Å². The molecule has 1 aromatic carbocycles. The van der Waals surface area contributed by atoms with Gasteiger partial charge >= 0.3 is 10.1 Å². The molecular formula is C35H52F4O5S. The molecule has 9 atom stereocenters. The van der Waals surface area contributed by atoms with Gasteiger partial charge in [0.05, 0.1) is 12.7 Å². The Kier molecular flexibility index (Phi) is 10.3. The topological polar surface area (TPSA) is 72.8 Å². The van der Waals surface area contributed by atoms with Crippen molar-refractivity contribution in [1.29, 1.82) is 0 Å². The average molecular weight is 661 g/mol. The molecular weight excluding hydrogens is 608 g/mol. The van der Waals surface area contributed by atoms with E-state index in [1.807, 2.05) is 0 Å². The summed E-state index contributed by atoms with van der Waals surface area (Å²) in [5.74, 6) is -4.60. The molecule has 0 saturated heterocycles. The fourth-order valence-electron chi connectivity index (χ4n) is 10.7. The van der Waals surface area contributed by atoms with E-state index in [4.69, 9.17) is 14.0 Å². The third-order valence-electron chi connectivity index (χ3n) is 12.9. The maximum absolute atomic E-state index is 14.3. The van der Waals surface area contributed by atoms with Crippen molar-refractivity contribution in [3.8, 4) is 5.75 Å². The summed E-state index contributed by atoms with van der Waals surface area (Å²) in [7, 11) is -5.52. The van der Waals surface area contributed by atoms with E-state index in [2.05, 4.69) is 34.6 Å². The predicted octanol–water partition coefficient (Wildman–Crippen LogP) is 9.38. The maximum atomic E-state index is 14.3. The molecule has 9 unspecified atom stereocenters. The van der Waals surface area contributed by atoms with Crippen molar-refractivity contribution in [1.82, 2.24) is 0 Å². The monoisotopic (exact) mass is 660 g/mol. The Hall–Kier alpha value is -1.39. The third kappa shape index (κ3) is 6.55. The Morgan fingerprint density at radius 1 is 0.822 bits per heavy atom. The minimum atomic E-state index is -5.52. The van der Waals surface area contributed by atoms with E-state index in [-0.39, 0.29) is 24.7 Å². The van der Waals surface area contributed by atoms with Crippen molar-refractivity contribution < 1.29 is 40.0 Å². The SMILES string of the molecule is CC(C)CCCC(C)C1CCC2C3CCC4CC(OCCOc5c(F)c(F)c(S(=O)(=O)O)c(F)c5F)CCC4(C)C3CCC12C. The van der Waals surface area contributed by atoms with Crippen molar-refractivity contribution in [3.63, 3.8) is 0 Å². The molecule has 0 heterocycles. The highest BCUT2D eigenvalue weighted by molar-refractivity contribution is 7.85. The smallest absolute Gasteiger partial charge is 0.300 e. The summed E-state index contributed by atoms with van der Waals surface area (Å²) in [6.45, 7) is 11.9. The first-order valence-corrected chi connectivity index (χ1v) is 18.6. The predicted molar refractivity (Wildman–Crippen MR) is 164 cm³/mol. The highest BCUT2D eigenvalue weighted by atomic mass is 32.2. The molecule has 256 valence electrons. The Balaban J connectivity index is 1.15. The summed E-state index contributed by atoms with van der Waals surface area (Å²) in [6.07, 6.45) is 14.7. The molecule has 10 heteroatoms. The van der Waals surface area contributed by atoms with Crippen LogP contribution in [-0.4, -0.2) is 32.3 Å². The molecule has 5 rings (SSSR count). The number of ether oxygens (including phenoxy) is 2. The molecule has 5 nitrogen and oxygen atoms in total. The van der Waals surface area contributed by atoms with Gasteiger partial charge in [0.2, 0.25) is 11.6 Å². The zero-order valence-corrected chi connectivity index (χ0v) is 28.3. The zero-order valence-electron chi connectivity index (χ0n) is 27.5. The second-order valence-corrected chi connectivity index (χ2v) is 17.1. The van der Waals surface area contributed by atoms with Gasteiger partial charge in [0.1, 0.15) is 6.61 Å². The normalized spacial score (nSPS) is 35.5. The standard InChI is InChI=1S/C35H52F4O5S/c1-20(2)7-6-8-21(3)25-11-12-26-24-10-9-22-19-23(13-15-34(22,4)27(24)14-16-35(25,26)5)43-17-18-44-32-28(36)30(38)33(45(40,41)42)31(39)29(32)37/h20-27H,6-19H2,1-5H3,(H,40,41,42). The fraction of sp³-hybridized carbons (Fsp3) is 0.829. The molecule has 0 aromatic heterocycles. The number of halogens is 4. The maximum Gasteiger partial charge on any atom is 0.300 e. The summed E-state index contributed by atoms with van der Waals surface area (Å²) in [5, 5.41) is 0. The van der Waals surface area contributed by atoms with Gasteiger partial charge in [-0.15, -0.1) is 0 Å². The number of rotatable bonds is 11. The Labute approximate surface area is 267 Å². The lowest BCUT2D eigenvalue weighted by Gasteiger charge is -2.61. The summed E-state index contributed by atoms with van der Waals surface area (Å²) in [4.78, 5) is -2.08. The molecule has 4 saturated carbocycles. The van der Waals surface area contributed by atoms with Crippen molar-refractivity contribution >= 4 is 10.1 Å². The van der Waals surface area contributed by atoms with Crippen LogP contribution >= 0.6 is 0 Å². The van der Waals surface area contributed by atoms with Crippen molar-refractivity contribution in [2.24, 2.45) is 52.3 Å². The highest BCUT2D eigenvalue weighted by Crippen LogP contribution is 2.68. The van der Waals surface area contributed by atoms with Gasteiger partial charge in [-0.05, 0) is 110 Å². The fourth-order valence-corrected chi connectivity index (χ4v) is 11.3. The number of benzene rings is 1. The summed E-state index contributed by atoms with van der Waals surface area (Å²) in [6, 6.07) is 0. The van der Waals surface area contributed by atoms with E-state index < -0.39 is 44.0 Å². The Bertz CT molecular complexity index is 1310. The molecule has 4 aliphatic carbocycles. The van der Waals surface area contributed by atoms with E-state index >= 15 is 0 Å². The second kappa shape index (κ2) is 13.3. The van der Waals surface area contributed by atoms with E-state index in [0.717, 1.165) is 54.8 Å². The van der Waals surface area contributed by atoms with E-state index in [1.54, 1.807) is 0 Å². The minimum Gasteiger partial charge on any atom is -0.485 e. The van der Waals surface area contributed by atoms with Crippen LogP contribution in [0.15, 0.2) is 4.90 Å². The van der Waals surface area contributed by atoms with Gasteiger partial charge in [-0.1, -0.05) is 53.9 Å². The van der Waals surface area contributed by atoms with Crippen LogP contribution in [0.25, 0.3) is 0 Å². The van der Waals surface area contributed by atoms with E-state index in [9.17, 15) is 26.0 Å². The van der Waals surface area contributed by atoms with Crippen molar-refractivity contribution in [3.05, 3.63) is 23.3 Å². The van der Waals surface area contributed by atoms with Gasteiger partial charge in [-0.3, -0.25) is 4.55 Å². The largest absolute Gasteiger partial charge is 0.485 e. The first-order valence-electron chi connectivity index (χ1n) is 17.2. The van der Waals surface area contributed by atoms with Crippen LogP contribution in [0.4, 0.5) is 17.6 Å². The first kappa shape index (κ1) is 34.9. The number of fused-ring (bicyclic) bond motifs is 5.